The Balaban J connectivity index is 0.00000225. The van der Waals surface area contributed by atoms with E-state index in [1.807, 2.05) is 24.0 Å². The molecule has 0 spiro atoms. The fourth-order valence-corrected chi connectivity index (χ4v) is 3.52. The number of aliphatic imine (C=N–C) groups is 1. The molecule has 0 saturated heterocycles. The SMILES string of the molecule is CCNC(=NCC(=O)N1CCc2sccc2C1)NCc1ccco1.I. The molecule has 0 atom stereocenters. The van der Waals surface area contributed by atoms with Gasteiger partial charge in [0.05, 0.1) is 12.8 Å². The fraction of sp³-hybridized carbons (Fsp3) is 0.412. The largest absolute Gasteiger partial charge is 0.467 e. The number of hydrogen-bond acceptors (Lipinski definition) is 4. The molecule has 0 fully saturated rings. The molecule has 2 N–H and O–H groups in total. The number of rotatable bonds is 5. The summed E-state index contributed by atoms with van der Waals surface area (Å²) in [6, 6.07) is 5.85. The molecule has 6 nitrogen and oxygen atoms in total. The van der Waals surface area contributed by atoms with Gasteiger partial charge in [0, 0.05) is 24.5 Å². The number of fused-ring (bicyclic) bond motifs is 1. The molecule has 1 amide bonds. The molecule has 2 aromatic rings. The van der Waals surface area contributed by atoms with Crippen molar-refractivity contribution in [3.05, 3.63) is 46.0 Å². The zero-order valence-corrected chi connectivity index (χ0v) is 17.3. The lowest BCUT2D eigenvalue weighted by Crippen LogP contribution is -2.40. The predicted molar refractivity (Wildman–Crippen MR) is 110 cm³/mol. The van der Waals surface area contributed by atoms with Crippen LogP contribution in [0.4, 0.5) is 0 Å². The first-order chi connectivity index (χ1) is 11.8. The summed E-state index contributed by atoms with van der Waals surface area (Å²) in [6.45, 7) is 4.89. The lowest BCUT2D eigenvalue weighted by Gasteiger charge is -2.26. The summed E-state index contributed by atoms with van der Waals surface area (Å²) in [5.41, 5.74) is 1.27. The monoisotopic (exact) mass is 474 g/mol. The molecule has 1 aliphatic heterocycles. The second-order valence-electron chi connectivity index (χ2n) is 5.56. The zero-order valence-electron chi connectivity index (χ0n) is 14.2. The van der Waals surface area contributed by atoms with Gasteiger partial charge in [0.1, 0.15) is 12.3 Å². The molecule has 0 aromatic carbocycles. The molecule has 0 saturated carbocycles. The van der Waals surface area contributed by atoms with Crippen LogP contribution in [0.15, 0.2) is 39.3 Å². The van der Waals surface area contributed by atoms with Crippen LogP contribution in [0.3, 0.4) is 0 Å². The topological polar surface area (TPSA) is 69.9 Å². The standard InChI is InChI=1S/C17H22N4O2S.HI/c1-2-18-17(19-10-14-4-3-8-23-14)20-11-16(22)21-7-5-15-13(12-21)6-9-24-15;/h3-4,6,8-9H,2,5,7,10-12H2,1H3,(H2,18,19,20);1H. The lowest BCUT2D eigenvalue weighted by atomic mass is 10.1. The minimum absolute atomic E-state index is 0. The second-order valence-corrected chi connectivity index (χ2v) is 6.56. The molecule has 136 valence electrons. The van der Waals surface area contributed by atoms with Gasteiger partial charge in [-0.2, -0.15) is 0 Å². The van der Waals surface area contributed by atoms with E-state index in [9.17, 15) is 4.79 Å². The fourth-order valence-electron chi connectivity index (χ4n) is 2.63. The van der Waals surface area contributed by atoms with Gasteiger partial charge in [-0.1, -0.05) is 0 Å². The van der Waals surface area contributed by atoms with Crippen molar-refractivity contribution < 1.29 is 9.21 Å². The number of guanidine groups is 1. The molecule has 1 aliphatic rings. The Morgan fingerprint density at radius 3 is 3.04 bits per heavy atom. The van der Waals surface area contributed by atoms with E-state index in [4.69, 9.17) is 4.42 Å². The van der Waals surface area contributed by atoms with E-state index in [-0.39, 0.29) is 36.4 Å². The number of hydrogen-bond donors (Lipinski definition) is 2. The van der Waals surface area contributed by atoms with Gasteiger partial charge in [0.2, 0.25) is 5.91 Å². The number of nitrogens with one attached hydrogen (secondary N) is 2. The van der Waals surface area contributed by atoms with Gasteiger partial charge in [-0.25, -0.2) is 4.99 Å². The minimum atomic E-state index is 0. The van der Waals surface area contributed by atoms with Crippen molar-refractivity contribution in [2.24, 2.45) is 4.99 Å². The summed E-state index contributed by atoms with van der Waals surface area (Å²) in [5, 5.41) is 8.41. The summed E-state index contributed by atoms with van der Waals surface area (Å²) in [6.07, 6.45) is 2.58. The van der Waals surface area contributed by atoms with E-state index in [1.54, 1.807) is 17.6 Å². The van der Waals surface area contributed by atoms with Crippen molar-refractivity contribution in [3.63, 3.8) is 0 Å². The van der Waals surface area contributed by atoms with Gasteiger partial charge in [-0.05, 0) is 42.5 Å². The highest BCUT2D eigenvalue weighted by Crippen LogP contribution is 2.23. The molecule has 0 bridgehead atoms. The molecule has 3 heterocycles. The number of thiophene rings is 1. The average Bonchev–Trinajstić information content (AvgIpc) is 3.27. The van der Waals surface area contributed by atoms with Gasteiger partial charge in [0.25, 0.3) is 0 Å². The number of halogens is 1. The van der Waals surface area contributed by atoms with Crippen LogP contribution in [0.5, 0.6) is 0 Å². The molecule has 25 heavy (non-hydrogen) atoms. The smallest absolute Gasteiger partial charge is 0.244 e. The maximum atomic E-state index is 12.4. The van der Waals surface area contributed by atoms with E-state index in [1.165, 1.54) is 10.4 Å². The van der Waals surface area contributed by atoms with Crippen molar-refractivity contribution in [1.82, 2.24) is 15.5 Å². The van der Waals surface area contributed by atoms with Crippen molar-refractivity contribution in [1.29, 1.82) is 0 Å². The summed E-state index contributed by atoms with van der Waals surface area (Å²) in [7, 11) is 0. The van der Waals surface area contributed by atoms with Crippen LogP contribution in [0.25, 0.3) is 0 Å². The third-order valence-electron chi connectivity index (χ3n) is 3.89. The van der Waals surface area contributed by atoms with Crippen molar-refractivity contribution in [2.75, 3.05) is 19.6 Å². The molecule has 3 rings (SSSR count). The Hall–Kier alpha value is -1.55. The normalized spacial score (nSPS) is 13.8. The van der Waals surface area contributed by atoms with Gasteiger partial charge in [-0.3, -0.25) is 4.79 Å². The Morgan fingerprint density at radius 2 is 2.28 bits per heavy atom. The summed E-state index contributed by atoms with van der Waals surface area (Å²) < 4.78 is 5.29. The van der Waals surface area contributed by atoms with E-state index in [2.05, 4.69) is 27.1 Å². The number of carbonyl (C=O) groups is 1. The highest BCUT2D eigenvalue weighted by molar-refractivity contribution is 14.0. The van der Waals surface area contributed by atoms with Crippen molar-refractivity contribution in [3.8, 4) is 0 Å². The molecule has 0 aliphatic carbocycles. The quantitative estimate of drug-likeness (QED) is 0.397. The minimum Gasteiger partial charge on any atom is -0.467 e. The molecular weight excluding hydrogens is 451 g/mol. The van der Waals surface area contributed by atoms with E-state index in [0.717, 1.165) is 25.3 Å². The van der Waals surface area contributed by atoms with Crippen LogP contribution >= 0.6 is 35.3 Å². The van der Waals surface area contributed by atoms with Crippen LogP contribution in [-0.2, 0) is 24.3 Å². The maximum Gasteiger partial charge on any atom is 0.244 e. The van der Waals surface area contributed by atoms with Gasteiger partial charge < -0.3 is 20.0 Å². The van der Waals surface area contributed by atoms with Gasteiger partial charge >= 0.3 is 0 Å². The molecule has 0 unspecified atom stereocenters. The number of carbonyl (C=O) groups excluding carboxylic acids is 1. The van der Waals surface area contributed by atoms with Crippen LogP contribution in [0.1, 0.15) is 23.1 Å². The van der Waals surface area contributed by atoms with Gasteiger partial charge in [-0.15, -0.1) is 35.3 Å². The summed E-state index contributed by atoms with van der Waals surface area (Å²) in [4.78, 5) is 20.1. The summed E-state index contributed by atoms with van der Waals surface area (Å²) in [5.74, 6) is 1.51. The Kier molecular flexibility index (Phi) is 7.76. The molecule has 8 heteroatoms. The number of amides is 1. The highest BCUT2D eigenvalue weighted by atomic mass is 127. The molecule has 2 aromatic heterocycles. The van der Waals surface area contributed by atoms with E-state index in [0.29, 0.717) is 19.0 Å². The first-order valence-electron chi connectivity index (χ1n) is 8.14. The second kappa shape index (κ2) is 9.81. The average molecular weight is 474 g/mol. The third-order valence-corrected chi connectivity index (χ3v) is 4.91. The Bertz CT molecular complexity index is 699. The number of furan rings is 1. The maximum absolute atomic E-state index is 12.4. The van der Waals surface area contributed by atoms with E-state index >= 15 is 0 Å². The van der Waals surface area contributed by atoms with Crippen LogP contribution in [-0.4, -0.2) is 36.4 Å². The van der Waals surface area contributed by atoms with Crippen LogP contribution in [0.2, 0.25) is 0 Å². The Morgan fingerprint density at radius 1 is 1.40 bits per heavy atom. The third kappa shape index (κ3) is 5.46. The van der Waals surface area contributed by atoms with E-state index < -0.39 is 0 Å². The molecule has 0 radical (unpaired) electrons. The first kappa shape index (κ1) is 19.8. The Labute approximate surface area is 168 Å². The highest BCUT2D eigenvalue weighted by Gasteiger charge is 2.21. The van der Waals surface area contributed by atoms with Crippen molar-refractivity contribution >= 4 is 47.2 Å². The van der Waals surface area contributed by atoms with Crippen LogP contribution < -0.4 is 10.6 Å². The lowest BCUT2D eigenvalue weighted by molar-refractivity contribution is -0.130. The molecular formula is C17H23IN4O2S. The number of nitrogens with zero attached hydrogens (tertiary/aromatic N) is 2. The van der Waals surface area contributed by atoms with Gasteiger partial charge in [0.15, 0.2) is 5.96 Å². The zero-order chi connectivity index (χ0) is 16.8. The van der Waals surface area contributed by atoms with Crippen LogP contribution in [0, 0.1) is 0 Å². The van der Waals surface area contributed by atoms with Crippen molar-refractivity contribution in [2.45, 2.75) is 26.4 Å². The summed E-state index contributed by atoms with van der Waals surface area (Å²) >= 11 is 1.77. The predicted octanol–water partition coefficient (Wildman–Crippen LogP) is 2.60. The first-order valence-corrected chi connectivity index (χ1v) is 9.02.